The maximum absolute atomic E-state index is 8.77. The number of hydrogen-bond acceptors (Lipinski definition) is 2. The van der Waals surface area contributed by atoms with Crippen LogP contribution in [-0.2, 0) is 0 Å². The van der Waals surface area contributed by atoms with Crippen LogP contribution in [0.4, 0.5) is 0 Å². The summed E-state index contributed by atoms with van der Waals surface area (Å²) in [5.74, 6) is 0. The Bertz CT molecular complexity index is 98.3. The molecule has 0 radical (unpaired) electrons. The first-order chi connectivity index (χ1) is 6.26. The number of nitrogens with zero attached hydrogens (tertiary/aromatic N) is 1. The molecule has 1 atom stereocenters. The monoisotopic (exact) mass is 187 g/mol. The van der Waals surface area contributed by atoms with Crippen molar-refractivity contribution < 1.29 is 5.11 Å². The van der Waals surface area contributed by atoms with Crippen molar-refractivity contribution in [2.24, 2.45) is 0 Å². The molecule has 0 aliphatic rings. The van der Waals surface area contributed by atoms with Gasteiger partial charge >= 0.3 is 0 Å². The van der Waals surface area contributed by atoms with Crippen molar-refractivity contribution in [2.75, 3.05) is 19.7 Å². The van der Waals surface area contributed by atoms with Gasteiger partial charge in [-0.25, -0.2) is 0 Å². The van der Waals surface area contributed by atoms with Crippen molar-refractivity contribution >= 4 is 0 Å². The van der Waals surface area contributed by atoms with E-state index in [-0.39, 0.29) is 0 Å². The SMILES string of the molecule is CCCCN(CCCO)C(C)CC. The van der Waals surface area contributed by atoms with Crippen LogP contribution in [0.2, 0.25) is 0 Å². The Kier molecular flexibility index (Phi) is 8.46. The lowest BCUT2D eigenvalue weighted by atomic mass is 10.2. The molecule has 1 N–H and O–H groups in total. The summed E-state index contributed by atoms with van der Waals surface area (Å²) in [7, 11) is 0. The Morgan fingerprint density at radius 2 is 1.77 bits per heavy atom. The molecule has 80 valence electrons. The van der Waals surface area contributed by atoms with E-state index in [0.717, 1.165) is 13.0 Å². The molecule has 0 saturated heterocycles. The summed E-state index contributed by atoms with van der Waals surface area (Å²) in [5.41, 5.74) is 0. The van der Waals surface area contributed by atoms with Crippen molar-refractivity contribution in [1.29, 1.82) is 0 Å². The predicted molar refractivity (Wildman–Crippen MR) is 57.9 cm³/mol. The van der Waals surface area contributed by atoms with E-state index in [9.17, 15) is 0 Å². The van der Waals surface area contributed by atoms with Crippen molar-refractivity contribution in [2.45, 2.75) is 52.5 Å². The van der Waals surface area contributed by atoms with Crippen molar-refractivity contribution in [3.8, 4) is 0 Å². The van der Waals surface area contributed by atoms with Gasteiger partial charge in [-0.15, -0.1) is 0 Å². The summed E-state index contributed by atoms with van der Waals surface area (Å²) >= 11 is 0. The highest BCUT2D eigenvalue weighted by Crippen LogP contribution is 2.06. The lowest BCUT2D eigenvalue weighted by Gasteiger charge is -2.27. The van der Waals surface area contributed by atoms with E-state index in [2.05, 4.69) is 25.7 Å². The highest BCUT2D eigenvalue weighted by molar-refractivity contribution is 4.65. The topological polar surface area (TPSA) is 23.5 Å². The quantitative estimate of drug-likeness (QED) is 0.630. The van der Waals surface area contributed by atoms with Gasteiger partial charge in [-0.3, -0.25) is 0 Å². The predicted octanol–water partition coefficient (Wildman–Crippen LogP) is 2.27. The molecule has 0 saturated carbocycles. The first kappa shape index (κ1) is 12.9. The van der Waals surface area contributed by atoms with E-state index in [4.69, 9.17) is 5.11 Å². The van der Waals surface area contributed by atoms with E-state index < -0.39 is 0 Å². The summed E-state index contributed by atoms with van der Waals surface area (Å²) in [6, 6.07) is 0.665. The molecule has 1 unspecified atom stereocenters. The molecule has 0 aliphatic carbocycles. The van der Waals surface area contributed by atoms with Crippen LogP contribution in [0.5, 0.6) is 0 Å². The molecule has 2 nitrogen and oxygen atoms in total. The molecule has 0 aliphatic heterocycles. The second kappa shape index (κ2) is 8.52. The highest BCUT2D eigenvalue weighted by atomic mass is 16.3. The van der Waals surface area contributed by atoms with Gasteiger partial charge < -0.3 is 10.0 Å². The van der Waals surface area contributed by atoms with Crippen molar-refractivity contribution in [3.63, 3.8) is 0 Å². The molecular formula is C11H25NO. The molecule has 0 aromatic rings. The molecule has 0 bridgehead atoms. The minimum atomic E-state index is 0.319. The highest BCUT2D eigenvalue weighted by Gasteiger charge is 2.09. The zero-order chi connectivity index (χ0) is 10.1. The fraction of sp³-hybridized carbons (Fsp3) is 1.00. The average molecular weight is 187 g/mol. The zero-order valence-corrected chi connectivity index (χ0v) is 9.42. The smallest absolute Gasteiger partial charge is 0.0443 e. The summed E-state index contributed by atoms with van der Waals surface area (Å²) < 4.78 is 0. The van der Waals surface area contributed by atoms with E-state index >= 15 is 0 Å². The Labute approximate surface area is 82.9 Å². The molecule has 0 fully saturated rings. The summed E-state index contributed by atoms with van der Waals surface area (Å²) in [6.45, 7) is 9.27. The Morgan fingerprint density at radius 1 is 1.15 bits per heavy atom. The number of hydrogen-bond donors (Lipinski definition) is 1. The van der Waals surface area contributed by atoms with Gasteiger partial charge in [0, 0.05) is 19.2 Å². The van der Waals surface area contributed by atoms with Crippen LogP contribution in [0.1, 0.15) is 46.5 Å². The lowest BCUT2D eigenvalue weighted by molar-refractivity contribution is 0.177. The van der Waals surface area contributed by atoms with Gasteiger partial charge in [0.15, 0.2) is 0 Å². The Hall–Kier alpha value is -0.0800. The summed E-state index contributed by atoms with van der Waals surface area (Å²) in [6.07, 6.45) is 4.64. The second-order valence-corrected chi connectivity index (χ2v) is 3.72. The van der Waals surface area contributed by atoms with Crippen molar-refractivity contribution in [1.82, 2.24) is 4.90 Å². The molecule has 0 rings (SSSR count). The first-order valence-corrected chi connectivity index (χ1v) is 5.61. The van der Waals surface area contributed by atoms with Crippen LogP contribution >= 0.6 is 0 Å². The largest absolute Gasteiger partial charge is 0.396 e. The molecule has 2 heteroatoms. The van der Waals surface area contributed by atoms with Crippen LogP contribution in [0.25, 0.3) is 0 Å². The molecular weight excluding hydrogens is 162 g/mol. The average Bonchev–Trinajstić information content (AvgIpc) is 2.17. The van der Waals surface area contributed by atoms with Gasteiger partial charge in [-0.2, -0.15) is 0 Å². The normalized spacial score (nSPS) is 13.6. The minimum Gasteiger partial charge on any atom is -0.396 e. The zero-order valence-electron chi connectivity index (χ0n) is 9.42. The third-order valence-electron chi connectivity index (χ3n) is 2.62. The third-order valence-corrected chi connectivity index (χ3v) is 2.62. The first-order valence-electron chi connectivity index (χ1n) is 5.61. The molecule has 13 heavy (non-hydrogen) atoms. The van der Waals surface area contributed by atoms with E-state index in [1.807, 2.05) is 0 Å². The van der Waals surface area contributed by atoms with E-state index in [0.29, 0.717) is 12.6 Å². The molecule has 0 aromatic carbocycles. The van der Waals surface area contributed by atoms with Crippen LogP contribution < -0.4 is 0 Å². The molecule has 0 spiro atoms. The summed E-state index contributed by atoms with van der Waals surface area (Å²) in [4.78, 5) is 2.49. The van der Waals surface area contributed by atoms with Crippen LogP contribution in [0, 0.1) is 0 Å². The molecule has 0 heterocycles. The van der Waals surface area contributed by atoms with Gasteiger partial charge in [0.25, 0.3) is 0 Å². The second-order valence-electron chi connectivity index (χ2n) is 3.72. The third kappa shape index (κ3) is 6.05. The van der Waals surface area contributed by atoms with Crippen LogP contribution in [0.3, 0.4) is 0 Å². The van der Waals surface area contributed by atoms with Crippen LogP contribution in [0.15, 0.2) is 0 Å². The number of rotatable bonds is 8. The maximum atomic E-state index is 8.77. The minimum absolute atomic E-state index is 0.319. The fourth-order valence-corrected chi connectivity index (χ4v) is 1.45. The lowest BCUT2D eigenvalue weighted by Crippen LogP contribution is -2.34. The Morgan fingerprint density at radius 3 is 2.23 bits per heavy atom. The van der Waals surface area contributed by atoms with Gasteiger partial charge in [0.1, 0.15) is 0 Å². The molecule has 0 aromatic heterocycles. The molecule has 0 amide bonds. The number of aliphatic hydroxyl groups excluding tert-OH is 1. The van der Waals surface area contributed by atoms with Gasteiger partial charge in [0.2, 0.25) is 0 Å². The maximum Gasteiger partial charge on any atom is 0.0443 e. The fourth-order valence-electron chi connectivity index (χ4n) is 1.45. The number of unbranched alkanes of at least 4 members (excludes halogenated alkanes) is 1. The van der Waals surface area contributed by atoms with Gasteiger partial charge in [-0.05, 0) is 32.7 Å². The van der Waals surface area contributed by atoms with Gasteiger partial charge in [0.05, 0.1) is 0 Å². The van der Waals surface area contributed by atoms with Gasteiger partial charge in [-0.1, -0.05) is 20.3 Å². The Balaban J connectivity index is 3.72. The standard InChI is InChI=1S/C11H25NO/c1-4-6-8-12(9-7-10-13)11(3)5-2/h11,13H,4-10H2,1-3H3. The van der Waals surface area contributed by atoms with E-state index in [1.165, 1.54) is 25.8 Å². The number of aliphatic hydroxyl groups is 1. The summed E-state index contributed by atoms with van der Waals surface area (Å²) in [5, 5.41) is 8.77. The van der Waals surface area contributed by atoms with Crippen molar-refractivity contribution in [3.05, 3.63) is 0 Å². The van der Waals surface area contributed by atoms with Crippen LogP contribution in [-0.4, -0.2) is 35.7 Å². The van der Waals surface area contributed by atoms with E-state index in [1.54, 1.807) is 0 Å².